The second kappa shape index (κ2) is 2.75. The molecule has 0 aliphatic heterocycles. The monoisotopic (exact) mass is 318 g/mol. The molecule has 1 heterocycles. The molecule has 4 nitrogen and oxygen atoms in total. The topological polar surface area (TPSA) is 44.1 Å². The molecule has 0 N–H and O–H groups in total. The van der Waals surface area contributed by atoms with Gasteiger partial charge in [-0.2, -0.15) is 5.10 Å². The largest absolute Gasteiger partial charge is 0.469 e. The highest BCUT2D eigenvalue weighted by Gasteiger charge is 2.73. The van der Waals surface area contributed by atoms with Crippen LogP contribution < -0.4 is 0 Å². The third-order valence-electron chi connectivity index (χ3n) is 3.66. The van der Waals surface area contributed by atoms with E-state index < -0.39 is 0 Å². The van der Waals surface area contributed by atoms with Crippen molar-refractivity contribution < 1.29 is 9.53 Å². The third-order valence-corrected chi connectivity index (χ3v) is 4.21. The van der Waals surface area contributed by atoms with Crippen LogP contribution in [0.15, 0.2) is 12.4 Å². The molecule has 3 fully saturated rings. The highest BCUT2D eigenvalue weighted by atomic mass is 127. The minimum Gasteiger partial charge on any atom is -0.469 e. The molecule has 3 saturated carbocycles. The summed E-state index contributed by atoms with van der Waals surface area (Å²) in [5, 5.41) is 4.32. The van der Waals surface area contributed by atoms with Gasteiger partial charge in [0.1, 0.15) is 0 Å². The van der Waals surface area contributed by atoms with E-state index in [-0.39, 0.29) is 16.9 Å². The Bertz CT molecular complexity index is 421. The summed E-state index contributed by atoms with van der Waals surface area (Å²) in [7, 11) is 1.46. The van der Waals surface area contributed by atoms with Crippen LogP contribution in [0.25, 0.3) is 0 Å². The first-order chi connectivity index (χ1) is 7.10. The van der Waals surface area contributed by atoms with Crippen LogP contribution >= 0.6 is 22.6 Å². The molecule has 3 aliphatic carbocycles. The van der Waals surface area contributed by atoms with E-state index in [2.05, 4.69) is 27.7 Å². The number of methoxy groups -OCH3 is 1. The van der Waals surface area contributed by atoms with Gasteiger partial charge in [0, 0.05) is 6.20 Å². The number of aromatic nitrogens is 2. The van der Waals surface area contributed by atoms with Gasteiger partial charge in [-0.3, -0.25) is 9.48 Å². The van der Waals surface area contributed by atoms with Crippen LogP contribution in [0.5, 0.6) is 0 Å². The molecule has 0 amide bonds. The van der Waals surface area contributed by atoms with E-state index in [4.69, 9.17) is 4.74 Å². The Labute approximate surface area is 101 Å². The maximum atomic E-state index is 11.5. The van der Waals surface area contributed by atoms with Crippen molar-refractivity contribution >= 4 is 28.6 Å². The average molecular weight is 318 g/mol. The molecule has 0 atom stereocenters. The molecule has 4 rings (SSSR count). The number of carbonyl (C=O) groups excluding carboxylic acids is 1. The lowest BCUT2D eigenvalue weighted by atomic mass is 9.39. The Hall–Kier alpha value is -0.590. The summed E-state index contributed by atoms with van der Waals surface area (Å²) in [6, 6.07) is 0. The average Bonchev–Trinajstić information content (AvgIpc) is 2.47. The summed E-state index contributed by atoms with van der Waals surface area (Å²) in [6.07, 6.45) is 6.58. The fourth-order valence-corrected chi connectivity index (χ4v) is 3.36. The lowest BCUT2D eigenvalue weighted by molar-refractivity contribution is -0.219. The first-order valence-corrected chi connectivity index (χ1v) is 5.97. The molecule has 0 aromatic carbocycles. The second-order valence-electron chi connectivity index (χ2n) is 4.63. The van der Waals surface area contributed by atoms with Crippen LogP contribution in [-0.4, -0.2) is 22.9 Å². The van der Waals surface area contributed by atoms with Crippen molar-refractivity contribution in [3.8, 4) is 0 Å². The van der Waals surface area contributed by atoms with Crippen molar-refractivity contribution in [1.29, 1.82) is 0 Å². The van der Waals surface area contributed by atoms with Crippen LogP contribution in [0.4, 0.5) is 0 Å². The van der Waals surface area contributed by atoms with Crippen molar-refractivity contribution in [2.45, 2.75) is 24.8 Å². The zero-order valence-corrected chi connectivity index (χ0v) is 10.5. The summed E-state index contributed by atoms with van der Waals surface area (Å²) >= 11 is 2.25. The molecular weight excluding hydrogens is 307 g/mol. The normalized spacial score (nSPS) is 36.7. The maximum absolute atomic E-state index is 11.5. The Balaban J connectivity index is 1.78. The Morgan fingerprint density at radius 1 is 1.60 bits per heavy atom. The molecular formula is C10H11IN2O2. The predicted octanol–water partition coefficient (Wildman–Crippen LogP) is 1.54. The number of hydrogen-bond acceptors (Lipinski definition) is 3. The Kier molecular flexibility index (Phi) is 1.76. The van der Waals surface area contributed by atoms with Crippen LogP contribution in [-0.2, 0) is 15.1 Å². The predicted molar refractivity (Wildman–Crippen MR) is 61.2 cm³/mol. The van der Waals surface area contributed by atoms with Gasteiger partial charge in [-0.1, -0.05) is 0 Å². The number of nitrogens with zero attached hydrogens (tertiary/aromatic N) is 2. The molecule has 0 radical (unpaired) electrons. The van der Waals surface area contributed by atoms with Gasteiger partial charge in [-0.05, 0) is 41.9 Å². The molecule has 3 aliphatic rings. The maximum Gasteiger partial charge on any atom is 0.312 e. The van der Waals surface area contributed by atoms with Gasteiger partial charge >= 0.3 is 5.97 Å². The number of esters is 1. The minimum absolute atomic E-state index is 0.0498. The summed E-state index contributed by atoms with van der Waals surface area (Å²) in [5.74, 6) is -0.0498. The fourth-order valence-electron chi connectivity index (χ4n) is 2.97. The van der Waals surface area contributed by atoms with E-state index in [1.54, 1.807) is 0 Å². The van der Waals surface area contributed by atoms with Gasteiger partial charge in [0.15, 0.2) is 0 Å². The molecule has 0 spiro atoms. The highest BCUT2D eigenvalue weighted by molar-refractivity contribution is 14.1. The van der Waals surface area contributed by atoms with Crippen LogP contribution in [0.1, 0.15) is 19.3 Å². The molecule has 15 heavy (non-hydrogen) atoms. The summed E-state index contributed by atoms with van der Waals surface area (Å²) in [6.45, 7) is 0. The van der Waals surface area contributed by atoms with Gasteiger partial charge < -0.3 is 4.74 Å². The highest BCUT2D eigenvalue weighted by Crippen LogP contribution is 2.71. The molecule has 1 aromatic heterocycles. The number of carbonyl (C=O) groups is 1. The van der Waals surface area contributed by atoms with E-state index in [1.165, 1.54) is 7.11 Å². The third kappa shape index (κ3) is 1.07. The molecule has 0 saturated heterocycles. The van der Waals surface area contributed by atoms with E-state index in [9.17, 15) is 4.79 Å². The second-order valence-corrected chi connectivity index (χ2v) is 5.88. The molecule has 0 unspecified atom stereocenters. The molecule has 2 bridgehead atoms. The summed E-state index contributed by atoms with van der Waals surface area (Å²) in [5.41, 5.74) is -0.0518. The van der Waals surface area contributed by atoms with Gasteiger partial charge in [0.05, 0.1) is 27.8 Å². The first-order valence-electron chi connectivity index (χ1n) is 4.89. The van der Waals surface area contributed by atoms with Crippen molar-refractivity contribution in [2.75, 3.05) is 7.11 Å². The SMILES string of the molecule is COC(=O)C12CC(n3cc(I)cn3)(C1)C2. The van der Waals surface area contributed by atoms with Crippen molar-refractivity contribution in [3.05, 3.63) is 16.0 Å². The van der Waals surface area contributed by atoms with E-state index >= 15 is 0 Å². The van der Waals surface area contributed by atoms with Crippen LogP contribution in [0.3, 0.4) is 0 Å². The number of rotatable bonds is 2. The zero-order valence-electron chi connectivity index (χ0n) is 8.36. The fraction of sp³-hybridized carbons (Fsp3) is 0.600. The number of hydrogen-bond donors (Lipinski definition) is 0. The van der Waals surface area contributed by atoms with Gasteiger partial charge in [0.25, 0.3) is 0 Å². The van der Waals surface area contributed by atoms with Crippen molar-refractivity contribution in [3.63, 3.8) is 0 Å². The first kappa shape index (κ1) is 9.62. The lowest BCUT2D eigenvalue weighted by Gasteiger charge is -2.67. The number of halogens is 1. The van der Waals surface area contributed by atoms with Gasteiger partial charge in [0.2, 0.25) is 0 Å². The van der Waals surface area contributed by atoms with Crippen molar-refractivity contribution in [1.82, 2.24) is 9.78 Å². The standard InChI is InChI=1S/C10H11IN2O2/c1-15-8(14)9-4-10(5-9,6-9)13-3-7(11)2-12-13/h2-3H,4-6H2,1H3. The van der Waals surface area contributed by atoms with Crippen LogP contribution in [0, 0.1) is 8.99 Å². The van der Waals surface area contributed by atoms with E-state index in [0.717, 1.165) is 22.8 Å². The van der Waals surface area contributed by atoms with Gasteiger partial charge in [-0.15, -0.1) is 0 Å². The molecule has 80 valence electrons. The quantitative estimate of drug-likeness (QED) is 0.614. The van der Waals surface area contributed by atoms with E-state index in [0.29, 0.717) is 0 Å². The zero-order chi connectivity index (χ0) is 10.7. The molecule has 1 aromatic rings. The number of ether oxygens (including phenoxy) is 1. The van der Waals surface area contributed by atoms with Crippen molar-refractivity contribution in [2.24, 2.45) is 5.41 Å². The van der Waals surface area contributed by atoms with E-state index in [1.807, 2.05) is 17.1 Å². The van der Waals surface area contributed by atoms with Crippen LogP contribution in [0.2, 0.25) is 0 Å². The molecule has 5 heteroatoms. The van der Waals surface area contributed by atoms with Gasteiger partial charge in [-0.25, -0.2) is 0 Å². The Morgan fingerprint density at radius 2 is 2.27 bits per heavy atom. The lowest BCUT2D eigenvalue weighted by Crippen LogP contribution is -2.71. The summed E-state index contributed by atoms with van der Waals surface area (Å²) in [4.78, 5) is 11.5. The summed E-state index contributed by atoms with van der Waals surface area (Å²) < 4.78 is 7.97. The Morgan fingerprint density at radius 3 is 2.73 bits per heavy atom. The minimum atomic E-state index is -0.174. The smallest absolute Gasteiger partial charge is 0.312 e.